The summed E-state index contributed by atoms with van der Waals surface area (Å²) in [6.45, 7) is 0. The SMILES string of the molecule is O=CC1=CC=CC(F)(Oc2ccccc2)C1. The lowest BCUT2D eigenvalue weighted by Gasteiger charge is -2.25. The van der Waals surface area contributed by atoms with E-state index in [4.69, 9.17) is 4.74 Å². The predicted octanol–water partition coefficient (Wildman–Crippen LogP) is 2.82. The van der Waals surface area contributed by atoms with E-state index in [0.29, 0.717) is 17.6 Å². The van der Waals surface area contributed by atoms with Crippen molar-refractivity contribution in [1.29, 1.82) is 0 Å². The second-order valence-corrected chi connectivity index (χ2v) is 3.60. The summed E-state index contributed by atoms with van der Waals surface area (Å²) in [6.07, 6.45) is 4.98. The zero-order valence-electron chi connectivity index (χ0n) is 8.60. The third-order valence-corrected chi connectivity index (χ3v) is 2.28. The van der Waals surface area contributed by atoms with Gasteiger partial charge in [-0.15, -0.1) is 0 Å². The fourth-order valence-corrected chi connectivity index (χ4v) is 1.55. The van der Waals surface area contributed by atoms with Crippen LogP contribution in [-0.4, -0.2) is 12.1 Å². The molecule has 0 aromatic heterocycles. The van der Waals surface area contributed by atoms with Crippen LogP contribution < -0.4 is 4.74 Å². The van der Waals surface area contributed by atoms with E-state index in [1.54, 1.807) is 30.3 Å². The summed E-state index contributed by atoms with van der Waals surface area (Å²) in [5.74, 6) is -1.48. The van der Waals surface area contributed by atoms with Crippen LogP contribution in [0, 0.1) is 0 Å². The molecule has 0 fully saturated rings. The first-order valence-electron chi connectivity index (χ1n) is 4.98. The molecule has 1 atom stereocenters. The zero-order chi connectivity index (χ0) is 11.4. The van der Waals surface area contributed by atoms with Gasteiger partial charge in [-0.05, 0) is 23.8 Å². The van der Waals surface area contributed by atoms with Gasteiger partial charge in [0.2, 0.25) is 0 Å². The number of para-hydroxylation sites is 1. The number of carbonyl (C=O) groups excluding carboxylic acids is 1. The van der Waals surface area contributed by atoms with Gasteiger partial charge in [-0.2, -0.15) is 4.39 Å². The van der Waals surface area contributed by atoms with Crippen molar-refractivity contribution in [2.24, 2.45) is 0 Å². The van der Waals surface area contributed by atoms with Crippen molar-refractivity contribution in [1.82, 2.24) is 0 Å². The molecular weight excluding hydrogens is 207 g/mol. The molecule has 0 bridgehead atoms. The number of carbonyl (C=O) groups is 1. The maximum Gasteiger partial charge on any atom is 0.271 e. The summed E-state index contributed by atoms with van der Waals surface area (Å²) in [5.41, 5.74) is 0.390. The molecule has 1 aliphatic carbocycles. The molecule has 0 amide bonds. The fraction of sp³-hybridized carbons (Fsp3) is 0.154. The minimum Gasteiger partial charge on any atom is -0.454 e. The van der Waals surface area contributed by atoms with E-state index >= 15 is 0 Å². The summed E-state index contributed by atoms with van der Waals surface area (Å²) >= 11 is 0. The largest absolute Gasteiger partial charge is 0.454 e. The van der Waals surface area contributed by atoms with Crippen LogP contribution in [0.3, 0.4) is 0 Å². The number of rotatable bonds is 3. The van der Waals surface area contributed by atoms with Crippen LogP contribution in [0.25, 0.3) is 0 Å². The predicted molar refractivity (Wildman–Crippen MR) is 58.8 cm³/mol. The Hall–Kier alpha value is -1.90. The molecule has 0 radical (unpaired) electrons. The van der Waals surface area contributed by atoms with E-state index in [-0.39, 0.29) is 6.42 Å². The number of halogens is 1. The van der Waals surface area contributed by atoms with Gasteiger partial charge in [-0.25, -0.2) is 0 Å². The summed E-state index contributed by atoms with van der Waals surface area (Å²) in [6, 6.07) is 8.71. The van der Waals surface area contributed by atoms with Gasteiger partial charge < -0.3 is 4.74 Å². The number of benzene rings is 1. The van der Waals surface area contributed by atoms with Crippen molar-refractivity contribution in [2.75, 3.05) is 0 Å². The van der Waals surface area contributed by atoms with Gasteiger partial charge >= 0.3 is 0 Å². The lowest BCUT2D eigenvalue weighted by molar-refractivity contribution is -0.106. The lowest BCUT2D eigenvalue weighted by Crippen LogP contribution is -2.30. The van der Waals surface area contributed by atoms with Crippen LogP contribution in [-0.2, 0) is 4.79 Å². The molecule has 16 heavy (non-hydrogen) atoms. The Labute approximate surface area is 93.0 Å². The Balaban J connectivity index is 2.14. The highest BCUT2D eigenvalue weighted by atomic mass is 19.2. The van der Waals surface area contributed by atoms with Crippen LogP contribution in [0.15, 0.2) is 54.1 Å². The molecule has 1 aromatic rings. The first kappa shape index (κ1) is 10.6. The van der Waals surface area contributed by atoms with E-state index in [1.165, 1.54) is 12.2 Å². The Morgan fingerprint density at radius 2 is 2.06 bits per heavy atom. The van der Waals surface area contributed by atoms with Gasteiger partial charge in [0.15, 0.2) is 0 Å². The number of alkyl halides is 1. The van der Waals surface area contributed by atoms with Crippen LogP contribution in [0.5, 0.6) is 5.75 Å². The van der Waals surface area contributed by atoms with Gasteiger partial charge in [0.05, 0.1) is 6.42 Å². The van der Waals surface area contributed by atoms with E-state index in [1.807, 2.05) is 6.07 Å². The summed E-state index contributed by atoms with van der Waals surface area (Å²) in [5, 5.41) is 0. The van der Waals surface area contributed by atoms with Crippen LogP contribution in [0.2, 0.25) is 0 Å². The quantitative estimate of drug-likeness (QED) is 0.729. The molecule has 0 spiro atoms. The molecule has 0 saturated carbocycles. The molecule has 1 aromatic carbocycles. The van der Waals surface area contributed by atoms with Crippen LogP contribution in [0.4, 0.5) is 4.39 Å². The highest BCUT2D eigenvalue weighted by Crippen LogP contribution is 2.29. The third-order valence-electron chi connectivity index (χ3n) is 2.28. The number of allylic oxidation sites excluding steroid dienone is 2. The maximum atomic E-state index is 14.2. The average molecular weight is 218 g/mol. The van der Waals surface area contributed by atoms with Crippen molar-refractivity contribution in [3.63, 3.8) is 0 Å². The molecular formula is C13H11FO2. The molecule has 0 aliphatic heterocycles. The van der Waals surface area contributed by atoms with Gasteiger partial charge in [-0.1, -0.05) is 30.4 Å². The highest BCUT2D eigenvalue weighted by Gasteiger charge is 2.31. The van der Waals surface area contributed by atoms with Gasteiger partial charge in [0, 0.05) is 0 Å². The number of ether oxygens (including phenoxy) is 1. The molecule has 2 nitrogen and oxygen atoms in total. The smallest absolute Gasteiger partial charge is 0.271 e. The van der Waals surface area contributed by atoms with Crippen molar-refractivity contribution < 1.29 is 13.9 Å². The summed E-state index contributed by atoms with van der Waals surface area (Å²) in [7, 11) is 0. The van der Waals surface area contributed by atoms with E-state index < -0.39 is 5.85 Å². The molecule has 3 heteroatoms. The van der Waals surface area contributed by atoms with Gasteiger partial charge in [0.1, 0.15) is 12.0 Å². The topological polar surface area (TPSA) is 26.3 Å². The van der Waals surface area contributed by atoms with Crippen molar-refractivity contribution in [3.05, 3.63) is 54.1 Å². The zero-order valence-corrected chi connectivity index (χ0v) is 8.60. The van der Waals surface area contributed by atoms with Gasteiger partial charge in [0.25, 0.3) is 5.85 Å². The lowest BCUT2D eigenvalue weighted by atomic mass is 10.0. The number of hydrogen-bond acceptors (Lipinski definition) is 2. The van der Waals surface area contributed by atoms with Crippen LogP contribution >= 0.6 is 0 Å². The standard InChI is InChI=1S/C13H11FO2/c14-13(8-4-5-11(9-13)10-15)16-12-6-2-1-3-7-12/h1-8,10H,9H2. The Morgan fingerprint density at radius 1 is 1.31 bits per heavy atom. The van der Waals surface area contributed by atoms with E-state index in [0.717, 1.165) is 0 Å². The third kappa shape index (κ3) is 2.37. The average Bonchev–Trinajstić information content (AvgIpc) is 2.29. The van der Waals surface area contributed by atoms with Crippen LogP contribution in [0.1, 0.15) is 6.42 Å². The second kappa shape index (κ2) is 4.31. The Morgan fingerprint density at radius 3 is 2.75 bits per heavy atom. The molecule has 82 valence electrons. The minimum absolute atomic E-state index is 0.0537. The molecule has 0 saturated heterocycles. The second-order valence-electron chi connectivity index (χ2n) is 3.60. The Kier molecular flexibility index (Phi) is 2.86. The van der Waals surface area contributed by atoms with Crippen molar-refractivity contribution in [2.45, 2.75) is 12.3 Å². The molecule has 0 N–H and O–H groups in total. The molecule has 1 aliphatic rings. The van der Waals surface area contributed by atoms with Gasteiger partial charge in [-0.3, -0.25) is 4.79 Å². The first-order valence-corrected chi connectivity index (χ1v) is 4.98. The molecule has 0 heterocycles. The minimum atomic E-state index is -1.92. The Bertz CT molecular complexity index is 437. The van der Waals surface area contributed by atoms with E-state index in [9.17, 15) is 9.18 Å². The summed E-state index contributed by atoms with van der Waals surface area (Å²) in [4.78, 5) is 10.6. The number of aldehydes is 1. The first-order chi connectivity index (χ1) is 7.72. The molecule has 2 rings (SSSR count). The highest BCUT2D eigenvalue weighted by molar-refractivity contribution is 5.74. The monoisotopic (exact) mass is 218 g/mol. The maximum absolute atomic E-state index is 14.2. The van der Waals surface area contributed by atoms with Crippen molar-refractivity contribution >= 4 is 6.29 Å². The normalized spacial score (nSPS) is 23.7. The van der Waals surface area contributed by atoms with Crippen molar-refractivity contribution in [3.8, 4) is 5.75 Å². The summed E-state index contributed by atoms with van der Waals surface area (Å²) < 4.78 is 19.4. The molecule has 1 unspecified atom stereocenters. The van der Waals surface area contributed by atoms with E-state index in [2.05, 4.69) is 0 Å². The fourth-order valence-electron chi connectivity index (χ4n) is 1.55. The number of hydrogen-bond donors (Lipinski definition) is 0.